The molecule has 0 aromatic heterocycles. The van der Waals surface area contributed by atoms with Crippen molar-refractivity contribution in [1.82, 2.24) is 0 Å². The van der Waals surface area contributed by atoms with Gasteiger partial charge in [0, 0.05) is 12.8 Å². The molecule has 0 bridgehead atoms. The quantitative estimate of drug-likeness (QED) is 0.466. The summed E-state index contributed by atoms with van der Waals surface area (Å²) in [5.74, 6) is 0. The van der Waals surface area contributed by atoms with Crippen LogP contribution in [0.25, 0.3) is 0 Å². The number of rotatable bonds is 1. The highest BCUT2D eigenvalue weighted by atomic mass is 16.5. The maximum absolute atomic E-state index is 12.4. The van der Waals surface area contributed by atoms with Crippen molar-refractivity contribution in [2.75, 3.05) is 0 Å². The Morgan fingerprint density at radius 3 is 2.44 bits per heavy atom. The summed E-state index contributed by atoms with van der Waals surface area (Å²) in [6, 6.07) is 9.34. The lowest BCUT2D eigenvalue weighted by Crippen LogP contribution is -2.51. The van der Waals surface area contributed by atoms with E-state index in [0.717, 1.165) is 36.0 Å². The van der Waals surface area contributed by atoms with E-state index < -0.39 is 0 Å². The van der Waals surface area contributed by atoms with Crippen molar-refractivity contribution in [1.29, 1.82) is 0 Å². The van der Waals surface area contributed by atoms with Gasteiger partial charge in [-0.1, -0.05) is 18.2 Å². The highest BCUT2D eigenvalue weighted by molar-refractivity contribution is 6.34. The molecule has 18 heavy (non-hydrogen) atoms. The molecule has 1 aliphatic heterocycles. The second-order valence-electron chi connectivity index (χ2n) is 5.01. The standard InChI is InChI=1S/C14H17N2O2/c17-15-10-14(11-6-2-1-3-7-11)16(18)13-9-5-4-8-12(13)15/h1-3,6-7,10,12-13,17H,4-5,8-9H2/q+1/t12-,13+/m0/s1. The highest BCUT2D eigenvalue weighted by Gasteiger charge is 2.45. The number of hydroxylamine groups is 2. The van der Waals surface area contributed by atoms with E-state index in [9.17, 15) is 10.4 Å². The summed E-state index contributed by atoms with van der Waals surface area (Å²) in [6.07, 6.45) is 5.46. The second kappa shape index (κ2) is 4.44. The maximum atomic E-state index is 12.4. The molecular formula is C14H17N2O2+. The lowest BCUT2D eigenvalue weighted by Gasteiger charge is -2.27. The zero-order valence-corrected chi connectivity index (χ0v) is 10.2. The Morgan fingerprint density at radius 2 is 1.72 bits per heavy atom. The summed E-state index contributed by atoms with van der Waals surface area (Å²) in [6.45, 7) is 0. The molecule has 0 radical (unpaired) electrons. The summed E-state index contributed by atoms with van der Waals surface area (Å²) in [7, 11) is 0. The van der Waals surface area contributed by atoms with Crippen LogP contribution in [0.1, 0.15) is 31.2 Å². The summed E-state index contributed by atoms with van der Waals surface area (Å²) in [4.78, 5) is 0. The van der Waals surface area contributed by atoms with Gasteiger partial charge in [0.2, 0.25) is 6.04 Å². The minimum Gasteiger partial charge on any atom is -0.623 e. The van der Waals surface area contributed by atoms with Crippen LogP contribution in [0.2, 0.25) is 0 Å². The van der Waals surface area contributed by atoms with E-state index >= 15 is 0 Å². The highest BCUT2D eigenvalue weighted by Crippen LogP contribution is 2.25. The number of fused-ring (bicyclic) bond motifs is 1. The minimum atomic E-state index is -0.121. The van der Waals surface area contributed by atoms with Crippen LogP contribution in [-0.4, -0.2) is 38.7 Å². The first-order chi connectivity index (χ1) is 8.77. The molecule has 1 saturated carbocycles. The first kappa shape index (κ1) is 11.3. The van der Waals surface area contributed by atoms with Crippen LogP contribution in [0.4, 0.5) is 0 Å². The van der Waals surface area contributed by atoms with Crippen molar-refractivity contribution in [3.05, 3.63) is 41.1 Å². The number of hydrogen-bond acceptors (Lipinski definition) is 2. The van der Waals surface area contributed by atoms with Crippen LogP contribution < -0.4 is 0 Å². The molecule has 0 unspecified atom stereocenters. The molecule has 1 fully saturated rings. The summed E-state index contributed by atoms with van der Waals surface area (Å²) < 4.78 is 2.33. The first-order valence-corrected chi connectivity index (χ1v) is 6.48. The molecule has 3 rings (SSSR count). The third-order valence-corrected chi connectivity index (χ3v) is 3.90. The van der Waals surface area contributed by atoms with Gasteiger partial charge in [-0.05, 0) is 29.7 Å². The van der Waals surface area contributed by atoms with Crippen molar-refractivity contribution in [3.63, 3.8) is 0 Å². The lowest BCUT2D eigenvalue weighted by molar-refractivity contribution is -0.819. The molecule has 1 heterocycles. The molecule has 2 aliphatic rings. The minimum absolute atomic E-state index is 0.0521. The molecule has 2 atom stereocenters. The second-order valence-corrected chi connectivity index (χ2v) is 5.01. The summed E-state index contributed by atoms with van der Waals surface area (Å²) in [5, 5.41) is 22.5. The summed E-state index contributed by atoms with van der Waals surface area (Å²) in [5.41, 5.74) is 1.41. The molecular weight excluding hydrogens is 228 g/mol. The van der Waals surface area contributed by atoms with Gasteiger partial charge in [0.05, 0.1) is 5.56 Å². The van der Waals surface area contributed by atoms with Crippen molar-refractivity contribution < 1.29 is 14.7 Å². The van der Waals surface area contributed by atoms with E-state index in [-0.39, 0.29) is 12.1 Å². The van der Waals surface area contributed by atoms with Crippen LogP contribution >= 0.6 is 0 Å². The third kappa shape index (κ3) is 1.78. The van der Waals surface area contributed by atoms with Gasteiger partial charge >= 0.3 is 0 Å². The summed E-state index contributed by atoms with van der Waals surface area (Å²) >= 11 is 0. The van der Waals surface area contributed by atoms with Crippen LogP contribution in [0.5, 0.6) is 0 Å². The molecule has 1 aromatic rings. The average Bonchev–Trinajstić information content (AvgIpc) is 2.44. The average molecular weight is 245 g/mol. The molecule has 0 spiro atoms. The molecule has 94 valence electrons. The predicted octanol–water partition coefficient (Wildman–Crippen LogP) is 1.78. The smallest absolute Gasteiger partial charge is 0.288 e. The normalized spacial score (nSPS) is 27.7. The molecule has 1 N–H and O–H groups in total. The van der Waals surface area contributed by atoms with Gasteiger partial charge in [-0.15, -0.1) is 0 Å². The number of benzene rings is 1. The van der Waals surface area contributed by atoms with Crippen LogP contribution in [0.15, 0.2) is 30.3 Å². The van der Waals surface area contributed by atoms with Gasteiger partial charge in [0.15, 0.2) is 0 Å². The Bertz CT molecular complexity index is 508. The Balaban J connectivity index is 2.04. The van der Waals surface area contributed by atoms with E-state index in [1.807, 2.05) is 30.3 Å². The topological polar surface area (TPSA) is 49.3 Å². The molecule has 1 aromatic carbocycles. The van der Waals surface area contributed by atoms with Gasteiger partial charge in [-0.3, -0.25) is 5.21 Å². The fraction of sp³-hybridized carbons (Fsp3) is 0.429. The van der Waals surface area contributed by atoms with Crippen LogP contribution in [-0.2, 0) is 0 Å². The van der Waals surface area contributed by atoms with Gasteiger partial charge in [-0.2, -0.15) is 4.74 Å². The Morgan fingerprint density at radius 1 is 1.06 bits per heavy atom. The van der Waals surface area contributed by atoms with Crippen molar-refractivity contribution >= 4 is 11.9 Å². The fourth-order valence-electron chi connectivity index (χ4n) is 2.94. The van der Waals surface area contributed by atoms with E-state index in [4.69, 9.17) is 0 Å². The predicted molar refractivity (Wildman–Crippen MR) is 68.3 cm³/mol. The number of hydrogen-bond donors (Lipinski definition) is 1. The van der Waals surface area contributed by atoms with Crippen molar-refractivity contribution in [2.45, 2.75) is 37.8 Å². The third-order valence-electron chi connectivity index (χ3n) is 3.90. The van der Waals surface area contributed by atoms with Gasteiger partial charge in [0.25, 0.3) is 18.0 Å². The zero-order chi connectivity index (χ0) is 12.5. The molecule has 0 amide bonds. The molecule has 0 saturated heterocycles. The van der Waals surface area contributed by atoms with E-state index in [0.29, 0.717) is 5.71 Å². The Kier molecular flexibility index (Phi) is 2.78. The zero-order valence-electron chi connectivity index (χ0n) is 10.2. The molecule has 1 aliphatic carbocycles. The molecule has 4 nitrogen and oxygen atoms in total. The number of nitrogens with zero attached hydrogens (tertiary/aromatic N) is 2. The Labute approximate surface area is 106 Å². The van der Waals surface area contributed by atoms with Crippen molar-refractivity contribution in [2.24, 2.45) is 0 Å². The van der Waals surface area contributed by atoms with E-state index in [2.05, 4.69) is 0 Å². The van der Waals surface area contributed by atoms with E-state index in [1.54, 1.807) is 6.21 Å². The van der Waals surface area contributed by atoms with Crippen LogP contribution in [0.3, 0.4) is 0 Å². The van der Waals surface area contributed by atoms with Crippen LogP contribution in [0, 0.1) is 5.21 Å². The van der Waals surface area contributed by atoms with Gasteiger partial charge < -0.3 is 5.21 Å². The van der Waals surface area contributed by atoms with Gasteiger partial charge in [-0.25, -0.2) is 0 Å². The first-order valence-electron chi connectivity index (χ1n) is 6.48. The van der Waals surface area contributed by atoms with Gasteiger partial charge in [0.1, 0.15) is 0 Å². The SMILES string of the molecule is [O-][N+]1=C(c2ccccc2)C=[N+](O)[C@H]2CCCC[C@H]21. The lowest BCUT2D eigenvalue weighted by atomic mass is 9.89. The van der Waals surface area contributed by atoms with E-state index in [1.165, 1.54) is 4.74 Å². The largest absolute Gasteiger partial charge is 0.623 e. The fourth-order valence-corrected chi connectivity index (χ4v) is 2.94. The monoisotopic (exact) mass is 245 g/mol. The molecule has 4 heteroatoms. The maximum Gasteiger partial charge on any atom is 0.288 e. The van der Waals surface area contributed by atoms with Crippen molar-refractivity contribution in [3.8, 4) is 0 Å². The Hall–Kier alpha value is -1.84.